The number of hydrogen-bond acceptors (Lipinski definition) is 5. The summed E-state index contributed by atoms with van der Waals surface area (Å²) in [5, 5.41) is 3.01. The lowest BCUT2D eigenvalue weighted by atomic mass is 10.0. The fourth-order valence-electron chi connectivity index (χ4n) is 2.53. The Morgan fingerprint density at radius 3 is 2.67 bits per heavy atom. The van der Waals surface area contributed by atoms with Gasteiger partial charge in [0.1, 0.15) is 5.37 Å². The second-order valence-corrected chi connectivity index (χ2v) is 6.55. The summed E-state index contributed by atoms with van der Waals surface area (Å²) < 4.78 is 19.7. The Bertz CT molecular complexity index is 442. The zero-order chi connectivity index (χ0) is 15.5. The van der Waals surface area contributed by atoms with Crippen molar-refractivity contribution in [2.45, 2.75) is 55.3 Å². The summed E-state index contributed by atoms with van der Waals surface area (Å²) in [6.45, 7) is 1.50. The van der Waals surface area contributed by atoms with Crippen LogP contribution >= 0.6 is 11.8 Å². The first-order valence-electron chi connectivity index (χ1n) is 7.12. The van der Waals surface area contributed by atoms with Crippen molar-refractivity contribution in [1.29, 1.82) is 0 Å². The molecule has 2 rings (SSSR count). The minimum atomic E-state index is -2.88. The standard InChI is InChI=1S/C13H19FN2O4S/c1-2-20-11(18)13(14)9(17)15-12(19)16-10(13)21-8-6-4-3-5-7-8/h8,10H,2-7H2,1H3,(H2,15,16,17,19). The Labute approximate surface area is 126 Å². The smallest absolute Gasteiger partial charge is 0.357 e. The molecule has 0 aromatic carbocycles. The first-order chi connectivity index (χ1) is 9.98. The van der Waals surface area contributed by atoms with Gasteiger partial charge in [-0.25, -0.2) is 14.0 Å². The van der Waals surface area contributed by atoms with Crippen molar-refractivity contribution in [1.82, 2.24) is 10.6 Å². The molecular formula is C13H19FN2O4S. The summed E-state index contributed by atoms with van der Waals surface area (Å²) >= 11 is 1.14. The van der Waals surface area contributed by atoms with Crippen molar-refractivity contribution < 1.29 is 23.5 Å². The molecule has 2 fully saturated rings. The number of amides is 3. The number of ether oxygens (including phenoxy) is 1. The van der Waals surface area contributed by atoms with Gasteiger partial charge in [0.05, 0.1) is 6.61 Å². The molecule has 1 saturated carbocycles. The lowest BCUT2D eigenvalue weighted by molar-refractivity contribution is -0.163. The van der Waals surface area contributed by atoms with Crippen molar-refractivity contribution in [3.8, 4) is 0 Å². The van der Waals surface area contributed by atoms with Crippen molar-refractivity contribution in [2.75, 3.05) is 6.61 Å². The first-order valence-corrected chi connectivity index (χ1v) is 8.06. The molecule has 2 N–H and O–H groups in total. The summed E-state index contributed by atoms with van der Waals surface area (Å²) in [7, 11) is 0. The van der Waals surface area contributed by atoms with E-state index in [2.05, 4.69) is 10.1 Å². The average molecular weight is 318 g/mol. The van der Waals surface area contributed by atoms with Gasteiger partial charge < -0.3 is 10.1 Å². The zero-order valence-corrected chi connectivity index (χ0v) is 12.6. The minimum Gasteiger partial charge on any atom is -0.463 e. The van der Waals surface area contributed by atoms with Crippen LogP contribution < -0.4 is 10.6 Å². The quantitative estimate of drug-likeness (QED) is 0.606. The largest absolute Gasteiger partial charge is 0.463 e. The third-order valence-electron chi connectivity index (χ3n) is 3.63. The minimum absolute atomic E-state index is 0.0352. The van der Waals surface area contributed by atoms with Crippen LogP contribution in [0.1, 0.15) is 39.0 Å². The van der Waals surface area contributed by atoms with Crippen LogP contribution in [-0.2, 0) is 14.3 Å². The number of carbonyl (C=O) groups excluding carboxylic acids is 3. The summed E-state index contributed by atoms with van der Waals surface area (Å²) in [5.74, 6) is -2.51. The van der Waals surface area contributed by atoms with E-state index in [1.165, 1.54) is 6.92 Å². The number of imide groups is 1. The Morgan fingerprint density at radius 2 is 2.05 bits per heavy atom. The Morgan fingerprint density at radius 1 is 1.38 bits per heavy atom. The van der Waals surface area contributed by atoms with Gasteiger partial charge in [-0.05, 0) is 19.8 Å². The highest BCUT2D eigenvalue weighted by atomic mass is 32.2. The second kappa shape index (κ2) is 6.64. The molecule has 6 nitrogen and oxygen atoms in total. The highest BCUT2D eigenvalue weighted by Gasteiger charge is 2.59. The highest BCUT2D eigenvalue weighted by molar-refractivity contribution is 8.00. The van der Waals surface area contributed by atoms with E-state index in [0.29, 0.717) is 0 Å². The van der Waals surface area contributed by atoms with Crippen LogP contribution in [0.25, 0.3) is 0 Å². The Balaban J connectivity index is 2.17. The molecule has 21 heavy (non-hydrogen) atoms. The third kappa shape index (κ3) is 3.30. The molecule has 1 heterocycles. The third-order valence-corrected chi connectivity index (χ3v) is 5.21. The molecular weight excluding hydrogens is 299 g/mol. The van der Waals surface area contributed by atoms with Crippen LogP contribution in [0.3, 0.4) is 0 Å². The molecule has 2 aliphatic rings. The van der Waals surface area contributed by atoms with Crippen LogP contribution in [0.4, 0.5) is 9.18 Å². The zero-order valence-electron chi connectivity index (χ0n) is 11.8. The van der Waals surface area contributed by atoms with Gasteiger partial charge in [-0.15, -0.1) is 11.8 Å². The van der Waals surface area contributed by atoms with Gasteiger partial charge in [0.15, 0.2) is 0 Å². The number of nitrogens with one attached hydrogen (secondary N) is 2. The van der Waals surface area contributed by atoms with E-state index in [9.17, 15) is 14.4 Å². The van der Waals surface area contributed by atoms with Crippen molar-refractivity contribution in [3.05, 3.63) is 0 Å². The van der Waals surface area contributed by atoms with Gasteiger partial charge in [-0.1, -0.05) is 19.3 Å². The second-order valence-electron chi connectivity index (χ2n) is 5.14. The van der Waals surface area contributed by atoms with Crippen molar-refractivity contribution >= 4 is 29.7 Å². The highest BCUT2D eigenvalue weighted by Crippen LogP contribution is 2.37. The molecule has 3 amide bonds. The fourth-order valence-corrected chi connectivity index (χ4v) is 4.08. The van der Waals surface area contributed by atoms with Crippen LogP contribution in [0.5, 0.6) is 0 Å². The van der Waals surface area contributed by atoms with Gasteiger partial charge in [-0.3, -0.25) is 10.1 Å². The number of alkyl halides is 1. The van der Waals surface area contributed by atoms with Gasteiger partial charge in [0.25, 0.3) is 5.91 Å². The number of carbonyl (C=O) groups is 3. The normalized spacial score (nSPS) is 30.5. The predicted molar refractivity (Wildman–Crippen MR) is 75.4 cm³/mol. The lowest BCUT2D eigenvalue weighted by Gasteiger charge is -2.36. The first kappa shape index (κ1) is 16.1. The number of thioether (sulfide) groups is 1. The topological polar surface area (TPSA) is 84.5 Å². The number of halogens is 1. The molecule has 118 valence electrons. The number of urea groups is 1. The van der Waals surface area contributed by atoms with Crippen LogP contribution in [0, 0.1) is 0 Å². The van der Waals surface area contributed by atoms with Crippen molar-refractivity contribution in [2.24, 2.45) is 0 Å². The van der Waals surface area contributed by atoms with E-state index in [1.807, 2.05) is 0 Å². The molecule has 2 atom stereocenters. The van der Waals surface area contributed by atoms with E-state index in [-0.39, 0.29) is 11.9 Å². The molecule has 0 radical (unpaired) electrons. The summed E-state index contributed by atoms with van der Waals surface area (Å²) in [5.41, 5.74) is -2.88. The summed E-state index contributed by atoms with van der Waals surface area (Å²) in [4.78, 5) is 35.1. The molecule has 1 aliphatic carbocycles. The van der Waals surface area contributed by atoms with Crippen LogP contribution in [0.2, 0.25) is 0 Å². The molecule has 0 aromatic heterocycles. The molecule has 8 heteroatoms. The Kier molecular flexibility index (Phi) is 5.08. The maximum atomic E-state index is 15.0. The molecule has 0 bridgehead atoms. The van der Waals surface area contributed by atoms with Gasteiger partial charge in [0, 0.05) is 5.25 Å². The van der Waals surface area contributed by atoms with Crippen LogP contribution in [0.15, 0.2) is 0 Å². The number of esters is 1. The van der Waals surface area contributed by atoms with Gasteiger partial charge >= 0.3 is 17.7 Å². The van der Waals surface area contributed by atoms with Crippen molar-refractivity contribution in [3.63, 3.8) is 0 Å². The number of rotatable bonds is 4. The van der Waals surface area contributed by atoms with E-state index in [1.54, 1.807) is 5.32 Å². The van der Waals surface area contributed by atoms with Crippen LogP contribution in [-0.4, -0.2) is 40.8 Å². The molecule has 0 aromatic rings. The molecule has 2 unspecified atom stereocenters. The average Bonchev–Trinajstić information content (AvgIpc) is 2.45. The van der Waals surface area contributed by atoms with E-state index < -0.39 is 29.0 Å². The summed E-state index contributed by atoms with van der Waals surface area (Å²) in [6, 6.07) is -0.786. The SMILES string of the molecule is CCOC(=O)C1(F)C(=O)NC(=O)NC1SC1CCCCC1. The van der Waals surface area contributed by atoms with E-state index >= 15 is 4.39 Å². The fraction of sp³-hybridized carbons (Fsp3) is 0.769. The molecule has 0 spiro atoms. The van der Waals surface area contributed by atoms with E-state index in [0.717, 1.165) is 43.9 Å². The Hall–Kier alpha value is -1.31. The maximum Gasteiger partial charge on any atom is 0.357 e. The summed E-state index contributed by atoms with van der Waals surface area (Å²) in [6.07, 6.45) is 4.97. The monoisotopic (exact) mass is 318 g/mol. The molecule has 1 saturated heterocycles. The number of hydrogen-bond donors (Lipinski definition) is 2. The lowest BCUT2D eigenvalue weighted by Crippen LogP contribution is -2.69. The van der Waals surface area contributed by atoms with Gasteiger partial charge in [0.2, 0.25) is 0 Å². The predicted octanol–water partition coefficient (Wildman–Crippen LogP) is 1.49. The van der Waals surface area contributed by atoms with Gasteiger partial charge in [-0.2, -0.15) is 0 Å². The molecule has 1 aliphatic heterocycles. The van der Waals surface area contributed by atoms with E-state index in [4.69, 9.17) is 0 Å². The maximum absolute atomic E-state index is 15.0.